The molecule has 21 heavy (non-hydrogen) atoms. The molecule has 4 nitrogen and oxygen atoms in total. The second kappa shape index (κ2) is 6.72. The van der Waals surface area contributed by atoms with Gasteiger partial charge in [0, 0.05) is 18.4 Å². The number of aromatic hydroxyl groups is 2. The average molecular weight is 305 g/mol. The Labute approximate surface area is 128 Å². The minimum atomic E-state index is -0.140. The molecule has 0 fully saturated rings. The first kappa shape index (κ1) is 15.5. The normalized spacial score (nSPS) is 10.8. The summed E-state index contributed by atoms with van der Waals surface area (Å²) in [5.74, 6) is -0.239. The number of nitrogens with zero attached hydrogens (tertiary/aromatic N) is 1. The maximum absolute atomic E-state index is 11.6. The van der Waals surface area contributed by atoms with Gasteiger partial charge in [-0.3, -0.25) is 9.10 Å². The molecule has 2 aromatic carbocycles. The van der Waals surface area contributed by atoms with Gasteiger partial charge in [-0.15, -0.1) is 0 Å². The van der Waals surface area contributed by atoms with Crippen LogP contribution in [0.25, 0.3) is 10.8 Å². The summed E-state index contributed by atoms with van der Waals surface area (Å²) in [5, 5.41) is 20.7. The van der Waals surface area contributed by atoms with Crippen molar-refractivity contribution in [1.82, 2.24) is 4.31 Å². The lowest BCUT2D eigenvalue weighted by Crippen LogP contribution is -2.22. The van der Waals surface area contributed by atoms with Crippen LogP contribution in [0.2, 0.25) is 0 Å². The van der Waals surface area contributed by atoms with Crippen molar-refractivity contribution in [2.24, 2.45) is 0 Å². The van der Waals surface area contributed by atoms with Gasteiger partial charge >= 0.3 is 0 Å². The zero-order chi connectivity index (χ0) is 15.4. The number of phenols is 2. The zero-order valence-corrected chi connectivity index (χ0v) is 13.0. The first-order valence-corrected chi connectivity index (χ1v) is 7.70. The Hall–Kier alpha value is -1.88. The molecule has 0 spiro atoms. The van der Waals surface area contributed by atoms with Crippen molar-refractivity contribution >= 4 is 28.6 Å². The molecule has 0 bridgehead atoms. The number of fused-ring (bicyclic) bond motifs is 1. The third-order valence-corrected chi connectivity index (χ3v) is 4.31. The van der Waals surface area contributed by atoms with Gasteiger partial charge in [-0.1, -0.05) is 19.4 Å². The van der Waals surface area contributed by atoms with E-state index in [-0.39, 0.29) is 17.4 Å². The van der Waals surface area contributed by atoms with Crippen molar-refractivity contribution in [2.75, 3.05) is 6.54 Å². The second-order valence-corrected chi connectivity index (χ2v) is 6.01. The Morgan fingerprint density at radius 1 is 1.14 bits per heavy atom. The molecule has 2 aromatic rings. The Morgan fingerprint density at radius 2 is 1.81 bits per heavy atom. The maximum Gasteiger partial charge on any atom is 0.229 e. The molecule has 0 aliphatic rings. The predicted molar refractivity (Wildman–Crippen MR) is 85.4 cm³/mol. The summed E-state index contributed by atoms with van der Waals surface area (Å²) in [7, 11) is 0. The number of carbonyl (C=O) groups excluding carboxylic acids is 1. The van der Waals surface area contributed by atoms with Crippen molar-refractivity contribution in [3.05, 3.63) is 30.3 Å². The van der Waals surface area contributed by atoms with E-state index in [9.17, 15) is 15.0 Å². The molecule has 0 saturated carbocycles. The number of hydrogen-bond acceptors (Lipinski definition) is 4. The second-order valence-electron chi connectivity index (χ2n) is 4.92. The SMILES string of the molecule is CCCCN(Sc1ccc2cc(O)c(O)cc2c1)C(C)=O. The van der Waals surface area contributed by atoms with Gasteiger partial charge in [0.25, 0.3) is 0 Å². The summed E-state index contributed by atoms with van der Waals surface area (Å²) in [6.45, 7) is 4.37. The van der Waals surface area contributed by atoms with E-state index in [4.69, 9.17) is 0 Å². The highest BCUT2D eigenvalue weighted by atomic mass is 32.2. The van der Waals surface area contributed by atoms with Gasteiger partial charge in [-0.25, -0.2) is 0 Å². The van der Waals surface area contributed by atoms with Gasteiger partial charge in [0.2, 0.25) is 5.91 Å². The number of hydrogen-bond donors (Lipinski definition) is 2. The van der Waals surface area contributed by atoms with Crippen molar-refractivity contribution in [3.8, 4) is 11.5 Å². The van der Waals surface area contributed by atoms with Crippen LogP contribution in [0.1, 0.15) is 26.7 Å². The number of benzene rings is 2. The molecule has 2 rings (SSSR count). The smallest absolute Gasteiger partial charge is 0.229 e. The Bertz CT molecular complexity index is 657. The number of unbranched alkanes of at least 4 members (excludes halogenated alkanes) is 1. The van der Waals surface area contributed by atoms with Gasteiger partial charge < -0.3 is 10.2 Å². The number of rotatable bonds is 5. The van der Waals surface area contributed by atoms with Crippen LogP contribution in [0.5, 0.6) is 11.5 Å². The fourth-order valence-corrected chi connectivity index (χ4v) is 2.92. The molecule has 0 heterocycles. The van der Waals surface area contributed by atoms with Crippen LogP contribution >= 0.6 is 11.9 Å². The molecule has 112 valence electrons. The third kappa shape index (κ3) is 3.82. The molecule has 0 unspecified atom stereocenters. The topological polar surface area (TPSA) is 60.8 Å². The molecule has 2 N–H and O–H groups in total. The van der Waals surface area contributed by atoms with Gasteiger partial charge in [0.15, 0.2) is 11.5 Å². The molecular weight excluding hydrogens is 286 g/mol. The summed E-state index contributed by atoms with van der Waals surface area (Å²) in [5.41, 5.74) is 0. The highest BCUT2D eigenvalue weighted by molar-refractivity contribution is 7.97. The van der Waals surface area contributed by atoms with Crippen molar-refractivity contribution in [3.63, 3.8) is 0 Å². The first-order valence-electron chi connectivity index (χ1n) is 6.93. The van der Waals surface area contributed by atoms with Crippen LogP contribution in [0.3, 0.4) is 0 Å². The largest absolute Gasteiger partial charge is 0.504 e. The predicted octanol–water partition coefficient (Wildman–Crippen LogP) is 3.91. The van der Waals surface area contributed by atoms with E-state index in [1.54, 1.807) is 11.2 Å². The highest BCUT2D eigenvalue weighted by Gasteiger charge is 2.11. The van der Waals surface area contributed by atoms with Gasteiger partial charge in [0.05, 0.1) is 0 Å². The quantitative estimate of drug-likeness (QED) is 0.649. The lowest BCUT2D eigenvalue weighted by Gasteiger charge is -2.19. The van der Waals surface area contributed by atoms with Crippen LogP contribution in [0.4, 0.5) is 0 Å². The van der Waals surface area contributed by atoms with E-state index in [1.165, 1.54) is 24.1 Å². The third-order valence-electron chi connectivity index (χ3n) is 3.19. The Kier molecular flexibility index (Phi) is 4.96. The fraction of sp³-hybridized carbons (Fsp3) is 0.312. The minimum Gasteiger partial charge on any atom is -0.504 e. The van der Waals surface area contributed by atoms with Crippen LogP contribution in [0, 0.1) is 0 Å². The van der Waals surface area contributed by atoms with Crippen LogP contribution in [-0.4, -0.2) is 27.0 Å². The fourth-order valence-electron chi connectivity index (χ4n) is 2.00. The van der Waals surface area contributed by atoms with E-state index in [0.29, 0.717) is 0 Å². The lowest BCUT2D eigenvalue weighted by atomic mass is 10.1. The van der Waals surface area contributed by atoms with Gasteiger partial charge in [-0.05, 0) is 53.4 Å². The molecule has 1 amide bonds. The summed E-state index contributed by atoms with van der Waals surface area (Å²) in [6.07, 6.45) is 2.00. The van der Waals surface area contributed by atoms with Crippen LogP contribution < -0.4 is 0 Å². The Balaban J connectivity index is 2.25. The molecule has 0 aliphatic carbocycles. The molecule has 0 atom stereocenters. The van der Waals surface area contributed by atoms with E-state index in [0.717, 1.165) is 35.1 Å². The van der Waals surface area contributed by atoms with E-state index < -0.39 is 0 Å². The zero-order valence-electron chi connectivity index (χ0n) is 12.2. The summed E-state index contributed by atoms with van der Waals surface area (Å²) in [6, 6.07) is 8.74. The number of phenolic OH excluding ortho intramolecular Hbond substituents is 2. The monoisotopic (exact) mass is 305 g/mol. The van der Waals surface area contributed by atoms with Gasteiger partial charge in [-0.2, -0.15) is 0 Å². The van der Waals surface area contributed by atoms with E-state index >= 15 is 0 Å². The maximum atomic E-state index is 11.6. The molecule has 0 saturated heterocycles. The summed E-state index contributed by atoms with van der Waals surface area (Å²) < 4.78 is 1.74. The lowest BCUT2D eigenvalue weighted by molar-refractivity contribution is -0.123. The van der Waals surface area contributed by atoms with Crippen molar-refractivity contribution in [2.45, 2.75) is 31.6 Å². The van der Waals surface area contributed by atoms with Crippen molar-refractivity contribution < 1.29 is 15.0 Å². The van der Waals surface area contributed by atoms with Crippen LogP contribution in [-0.2, 0) is 4.79 Å². The van der Waals surface area contributed by atoms with Gasteiger partial charge in [0.1, 0.15) is 0 Å². The molecule has 0 radical (unpaired) electrons. The molecule has 5 heteroatoms. The van der Waals surface area contributed by atoms with Crippen molar-refractivity contribution in [1.29, 1.82) is 0 Å². The molecule has 0 aromatic heterocycles. The minimum absolute atomic E-state index is 0.0297. The Morgan fingerprint density at radius 3 is 2.43 bits per heavy atom. The number of amides is 1. The molecular formula is C16H19NO3S. The number of carbonyl (C=O) groups is 1. The average Bonchev–Trinajstić information content (AvgIpc) is 2.44. The van der Waals surface area contributed by atoms with E-state index in [1.807, 2.05) is 18.2 Å². The standard InChI is InChI=1S/C16H19NO3S/c1-3-4-7-17(11(2)18)21-14-6-5-12-9-15(19)16(20)10-13(12)8-14/h5-6,8-10,19-20H,3-4,7H2,1-2H3. The first-order chi connectivity index (χ1) is 10.0. The molecule has 0 aliphatic heterocycles. The summed E-state index contributed by atoms with van der Waals surface area (Å²) >= 11 is 1.40. The summed E-state index contributed by atoms with van der Waals surface area (Å²) in [4.78, 5) is 12.6. The van der Waals surface area contributed by atoms with Crippen LogP contribution in [0.15, 0.2) is 35.2 Å². The van der Waals surface area contributed by atoms with E-state index in [2.05, 4.69) is 6.92 Å². The highest BCUT2D eigenvalue weighted by Crippen LogP contribution is 2.33.